The van der Waals surface area contributed by atoms with E-state index in [1.807, 2.05) is 11.8 Å². The van der Waals surface area contributed by atoms with E-state index in [0.717, 1.165) is 0 Å². The van der Waals surface area contributed by atoms with Gasteiger partial charge in [0.15, 0.2) is 0 Å². The fourth-order valence-electron chi connectivity index (χ4n) is 1.08. The third-order valence-electron chi connectivity index (χ3n) is 1.86. The molecule has 0 aliphatic rings. The van der Waals surface area contributed by atoms with Gasteiger partial charge in [0.25, 0.3) is 0 Å². The Balaban J connectivity index is 3.59. The molecule has 0 aromatic rings. The lowest BCUT2D eigenvalue weighted by atomic mass is 10.2. The highest BCUT2D eigenvalue weighted by Gasteiger charge is 2.10. The van der Waals surface area contributed by atoms with Gasteiger partial charge in [-0.15, -0.1) is 0 Å². The molecule has 0 bridgehead atoms. The van der Waals surface area contributed by atoms with Crippen molar-refractivity contribution in [3.8, 4) is 0 Å². The van der Waals surface area contributed by atoms with E-state index in [1.165, 1.54) is 20.7 Å². The summed E-state index contributed by atoms with van der Waals surface area (Å²) in [4.78, 5) is 10.5. The largest absolute Gasteiger partial charge is 0.473 e. The van der Waals surface area contributed by atoms with Crippen LogP contribution in [0.4, 0.5) is 4.79 Å². The highest BCUT2D eigenvalue weighted by Crippen LogP contribution is 2.22. The number of rotatable bonds is 6. The number of carbonyl (C=O) groups is 1. The fraction of sp³-hybridized carbons (Fsp3) is 0.889. The molecule has 0 spiro atoms. The summed E-state index contributed by atoms with van der Waals surface area (Å²) in [5.74, 6) is -0.183. The third-order valence-corrected chi connectivity index (χ3v) is 3.51. The molecule has 76 valence electrons. The number of hydrogen-bond donors (Lipinski definition) is 0. The molecule has 0 radical (unpaired) electrons. The van der Waals surface area contributed by atoms with E-state index in [0.29, 0.717) is 17.1 Å². The van der Waals surface area contributed by atoms with Gasteiger partial charge in [0.1, 0.15) is 6.61 Å². The molecule has 0 amide bonds. The number of ether oxygens (including phenoxy) is 1. The first-order valence-corrected chi connectivity index (χ1v) is 5.83. The van der Waals surface area contributed by atoms with Crippen molar-refractivity contribution in [2.75, 3.05) is 6.61 Å². The van der Waals surface area contributed by atoms with Crippen LogP contribution in [0.3, 0.4) is 0 Å². The summed E-state index contributed by atoms with van der Waals surface area (Å²) >= 11 is 1.91. The van der Waals surface area contributed by atoms with Crippen LogP contribution in [-0.4, -0.2) is 30.8 Å². The minimum absolute atomic E-state index is 0.183. The summed E-state index contributed by atoms with van der Waals surface area (Å²) in [6, 6.07) is 0. The van der Waals surface area contributed by atoms with E-state index >= 15 is 0 Å². The third kappa shape index (κ3) is 6.99. The second-order valence-corrected chi connectivity index (χ2v) is 4.93. The normalized spacial score (nSPS) is 12.9. The van der Waals surface area contributed by atoms with Crippen LogP contribution < -0.4 is 0 Å². The molecule has 0 N–H and O–H groups in total. The van der Waals surface area contributed by atoms with Gasteiger partial charge in [0.05, 0.1) is 0 Å². The van der Waals surface area contributed by atoms with Crippen molar-refractivity contribution >= 4 is 25.5 Å². The predicted octanol–water partition coefficient (Wildman–Crippen LogP) is 2.07. The van der Waals surface area contributed by atoms with Crippen molar-refractivity contribution in [1.82, 2.24) is 0 Å². The van der Waals surface area contributed by atoms with E-state index < -0.39 is 0 Å². The molecule has 0 aliphatic heterocycles. The van der Waals surface area contributed by atoms with E-state index in [-0.39, 0.29) is 5.87 Å². The zero-order chi connectivity index (χ0) is 10.3. The van der Waals surface area contributed by atoms with Gasteiger partial charge in [-0.25, -0.2) is 0 Å². The molecule has 0 unspecified atom stereocenters. The van der Waals surface area contributed by atoms with Crippen molar-refractivity contribution in [2.45, 2.75) is 44.1 Å². The van der Waals surface area contributed by atoms with Crippen LogP contribution >= 0.6 is 11.8 Å². The van der Waals surface area contributed by atoms with Crippen molar-refractivity contribution < 1.29 is 9.53 Å². The Morgan fingerprint density at radius 1 is 1.46 bits per heavy atom. The minimum atomic E-state index is -0.183. The average molecular weight is 202 g/mol. The van der Waals surface area contributed by atoms with Crippen LogP contribution in [0.1, 0.15) is 33.6 Å². The molecule has 0 rings (SSSR count). The van der Waals surface area contributed by atoms with E-state index in [9.17, 15) is 4.79 Å². The van der Waals surface area contributed by atoms with Crippen molar-refractivity contribution in [1.29, 1.82) is 0 Å². The van der Waals surface area contributed by atoms with Crippen LogP contribution in [0.15, 0.2) is 0 Å². The first-order valence-electron chi connectivity index (χ1n) is 4.88. The van der Waals surface area contributed by atoms with Crippen LogP contribution in [-0.2, 0) is 4.74 Å². The lowest BCUT2D eigenvalue weighted by molar-refractivity contribution is 0.175. The highest BCUT2D eigenvalue weighted by atomic mass is 32.2. The lowest BCUT2D eigenvalue weighted by Gasteiger charge is -2.17. The molecule has 0 saturated heterocycles. The van der Waals surface area contributed by atoms with Crippen LogP contribution in [0.5, 0.6) is 0 Å². The topological polar surface area (TPSA) is 26.3 Å². The smallest absolute Gasteiger partial charge is 0.243 e. The van der Waals surface area contributed by atoms with Gasteiger partial charge in [0, 0.05) is 10.5 Å². The Morgan fingerprint density at radius 2 is 2.00 bits per heavy atom. The molecule has 1 atom stereocenters. The second kappa shape index (κ2) is 7.30. The molecule has 0 aromatic heterocycles. The quantitative estimate of drug-likeness (QED) is 0.616. The number of carbonyl (C=O) groups excluding carboxylic acids is 1. The molecule has 0 aliphatic carbocycles. The highest BCUT2D eigenvalue weighted by molar-refractivity contribution is 8.00. The summed E-state index contributed by atoms with van der Waals surface area (Å²) < 4.78 is 4.93. The Labute approximate surface area is 86.2 Å². The molecule has 4 heteroatoms. The maximum absolute atomic E-state index is 10.5. The van der Waals surface area contributed by atoms with E-state index in [1.54, 1.807) is 0 Å². The van der Waals surface area contributed by atoms with Crippen molar-refractivity contribution in [3.05, 3.63) is 0 Å². The van der Waals surface area contributed by atoms with Crippen LogP contribution in [0.25, 0.3) is 0 Å². The summed E-state index contributed by atoms with van der Waals surface area (Å²) in [6.07, 6.45) is 2.37. The summed E-state index contributed by atoms with van der Waals surface area (Å²) in [5.41, 5.74) is 0. The van der Waals surface area contributed by atoms with Crippen molar-refractivity contribution in [3.63, 3.8) is 0 Å². The number of hydrogen-bond acceptors (Lipinski definition) is 3. The van der Waals surface area contributed by atoms with Gasteiger partial charge in [-0.05, 0) is 19.8 Å². The molecule has 0 fully saturated rings. The van der Waals surface area contributed by atoms with Gasteiger partial charge in [0.2, 0.25) is 13.7 Å². The Bertz CT molecular complexity index is 149. The van der Waals surface area contributed by atoms with Gasteiger partial charge in [-0.2, -0.15) is 11.8 Å². The lowest BCUT2D eigenvalue weighted by Crippen LogP contribution is -2.15. The standard InChI is InChI=1S/C9H19BO2S/c1-4-8(5-2)13-7(3)6-12-9(10)11/h7-8H,4-6,10H2,1-3H3/t7-/m0/s1. The van der Waals surface area contributed by atoms with Crippen LogP contribution in [0, 0.1) is 0 Å². The zero-order valence-electron chi connectivity index (χ0n) is 9.00. The zero-order valence-corrected chi connectivity index (χ0v) is 9.82. The monoisotopic (exact) mass is 202 g/mol. The van der Waals surface area contributed by atoms with Gasteiger partial charge in [-0.1, -0.05) is 13.8 Å². The molecular weight excluding hydrogens is 183 g/mol. The number of thioether (sulfide) groups is 1. The molecule has 0 heterocycles. The van der Waals surface area contributed by atoms with Crippen molar-refractivity contribution in [2.24, 2.45) is 0 Å². The molecule has 13 heavy (non-hydrogen) atoms. The molecular formula is C9H19BO2S. The maximum Gasteiger partial charge on any atom is 0.243 e. The summed E-state index contributed by atoms with van der Waals surface area (Å²) in [6.45, 7) is 7.03. The predicted molar refractivity (Wildman–Crippen MR) is 61.3 cm³/mol. The maximum atomic E-state index is 10.5. The van der Waals surface area contributed by atoms with Crippen LogP contribution in [0.2, 0.25) is 0 Å². The second-order valence-electron chi connectivity index (χ2n) is 3.19. The fourth-order valence-corrected chi connectivity index (χ4v) is 2.27. The molecule has 2 nitrogen and oxygen atoms in total. The Morgan fingerprint density at radius 3 is 2.38 bits per heavy atom. The van der Waals surface area contributed by atoms with Gasteiger partial charge in [-0.3, -0.25) is 4.79 Å². The van der Waals surface area contributed by atoms with E-state index in [2.05, 4.69) is 20.8 Å². The molecule has 0 saturated carbocycles. The SMILES string of the molecule is BC(=O)OC[C@H](C)SC(CC)CC. The molecule has 0 aromatic carbocycles. The summed E-state index contributed by atoms with van der Waals surface area (Å²) in [5, 5.41) is 1.11. The minimum Gasteiger partial charge on any atom is -0.473 e. The first kappa shape index (κ1) is 12.9. The van der Waals surface area contributed by atoms with Gasteiger partial charge >= 0.3 is 0 Å². The average Bonchev–Trinajstić information content (AvgIpc) is 2.10. The van der Waals surface area contributed by atoms with Gasteiger partial charge < -0.3 is 4.74 Å². The Kier molecular flexibility index (Phi) is 7.24. The summed E-state index contributed by atoms with van der Waals surface area (Å²) in [7, 11) is 1.45. The Hall–Kier alpha value is -0.115. The first-order chi connectivity index (χ1) is 6.10. The van der Waals surface area contributed by atoms with E-state index in [4.69, 9.17) is 4.74 Å².